The lowest BCUT2D eigenvalue weighted by atomic mass is 9.84. The molecule has 0 aliphatic rings. The second-order valence-electron chi connectivity index (χ2n) is 5.59. The van der Waals surface area contributed by atoms with Crippen LogP contribution in [-0.2, 0) is 0 Å². The van der Waals surface area contributed by atoms with E-state index in [2.05, 4.69) is 63.7 Å². The average Bonchev–Trinajstić information content (AvgIpc) is 2.96. The lowest BCUT2D eigenvalue weighted by Crippen LogP contribution is -2.24. The van der Waals surface area contributed by atoms with E-state index in [4.69, 9.17) is 0 Å². The molecule has 0 aliphatic heterocycles. The van der Waals surface area contributed by atoms with Gasteiger partial charge in [-0.3, -0.25) is 0 Å². The first-order chi connectivity index (χ1) is 9.49. The summed E-state index contributed by atoms with van der Waals surface area (Å²) in [5, 5.41) is 8.09. The molecule has 0 amide bonds. The first kappa shape index (κ1) is 15.3. The van der Waals surface area contributed by atoms with Crippen LogP contribution in [-0.4, -0.2) is 6.54 Å². The summed E-state index contributed by atoms with van der Waals surface area (Å²) in [5.74, 6) is 0. The van der Waals surface area contributed by atoms with Gasteiger partial charge in [-0.1, -0.05) is 6.92 Å². The molecule has 0 spiro atoms. The van der Waals surface area contributed by atoms with Gasteiger partial charge in [0, 0.05) is 0 Å². The maximum absolute atomic E-state index is 3.66. The molecule has 0 saturated heterocycles. The van der Waals surface area contributed by atoms with Crippen LogP contribution in [0.3, 0.4) is 0 Å². The fourth-order valence-electron chi connectivity index (χ4n) is 2.99. The van der Waals surface area contributed by atoms with E-state index in [0.29, 0.717) is 6.04 Å². The zero-order chi connectivity index (χ0) is 14.9. The number of hydrogen-bond donors (Lipinski definition) is 1. The number of rotatable bonds is 4. The fraction of sp³-hybridized carbons (Fsp3) is 0.444. The molecule has 2 rings (SSSR count). The SMILES string of the molecule is CCNC(c1ccsc1)c1c(C)c(C)c(C)c(C)c1C. The zero-order valence-corrected chi connectivity index (χ0v) is 14.2. The summed E-state index contributed by atoms with van der Waals surface area (Å²) in [6.45, 7) is 14.4. The summed E-state index contributed by atoms with van der Waals surface area (Å²) in [5.41, 5.74) is 10.0. The van der Waals surface area contributed by atoms with E-state index >= 15 is 0 Å². The topological polar surface area (TPSA) is 12.0 Å². The van der Waals surface area contributed by atoms with E-state index in [-0.39, 0.29) is 0 Å². The van der Waals surface area contributed by atoms with Gasteiger partial charge in [0.1, 0.15) is 0 Å². The van der Waals surface area contributed by atoms with Gasteiger partial charge in [0.2, 0.25) is 0 Å². The Hall–Kier alpha value is -1.12. The van der Waals surface area contributed by atoms with Crippen molar-refractivity contribution in [3.8, 4) is 0 Å². The normalized spacial score (nSPS) is 12.7. The molecular formula is C18H25NS. The third-order valence-corrected chi connectivity index (χ3v) is 5.33. The Kier molecular flexibility index (Phi) is 4.66. The number of benzene rings is 1. The van der Waals surface area contributed by atoms with Gasteiger partial charge in [0.25, 0.3) is 0 Å². The summed E-state index contributed by atoms with van der Waals surface area (Å²) in [6.07, 6.45) is 0. The van der Waals surface area contributed by atoms with Crippen molar-refractivity contribution in [2.75, 3.05) is 6.54 Å². The summed E-state index contributed by atoms with van der Waals surface area (Å²) >= 11 is 1.77. The lowest BCUT2D eigenvalue weighted by molar-refractivity contribution is 0.625. The highest BCUT2D eigenvalue weighted by molar-refractivity contribution is 7.08. The molecule has 0 aliphatic carbocycles. The van der Waals surface area contributed by atoms with Crippen molar-refractivity contribution in [1.29, 1.82) is 0 Å². The van der Waals surface area contributed by atoms with Gasteiger partial charge in [-0.25, -0.2) is 0 Å². The van der Waals surface area contributed by atoms with E-state index in [0.717, 1.165) is 6.54 Å². The Morgan fingerprint density at radius 2 is 1.50 bits per heavy atom. The van der Waals surface area contributed by atoms with Crippen LogP contribution >= 0.6 is 11.3 Å². The fourth-order valence-corrected chi connectivity index (χ4v) is 3.68. The van der Waals surface area contributed by atoms with Gasteiger partial charge in [0.05, 0.1) is 6.04 Å². The Morgan fingerprint density at radius 3 is 1.95 bits per heavy atom. The Balaban J connectivity index is 2.66. The number of hydrogen-bond acceptors (Lipinski definition) is 2. The van der Waals surface area contributed by atoms with E-state index in [1.165, 1.54) is 38.9 Å². The quantitative estimate of drug-likeness (QED) is 0.835. The van der Waals surface area contributed by atoms with E-state index in [1.54, 1.807) is 11.3 Å². The second kappa shape index (κ2) is 6.11. The minimum atomic E-state index is 0.309. The first-order valence-corrected chi connectivity index (χ1v) is 8.25. The van der Waals surface area contributed by atoms with Gasteiger partial charge < -0.3 is 5.32 Å². The molecule has 108 valence electrons. The average molecular weight is 287 g/mol. The molecule has 2 heteroatoms. The smallest absolute Gasteiger partial charge is 0.0590 e. The van der Waals surface area contributed by atoms with Gasteiger partial charge in [0.15, 0.2) is 0 Å². The minimum absolute atomic E-state index is 0.309. The number of thiophene rings is 1. The maximum Gasteiger partial charge on any atom is 0.0590 e. The van der Waals surface area contributed by atoms with Crippen molar-refractivity contribution in [3.63, 3.8) is 0 Å². The molecule has 1 heterocycles. The maximum atomic E-state index is 3.66. The Labute approximate surface area is 127 Å². The highest BCUT2D eigenvalue weighted by Gasteiger charge is 2.21. The minimum Gasteiger partial charge on any atom is -0.306 e. The van der Waals surface area contributed by atoms with Crippen LogP contribution in [0.1, 0.15) is 51.9 Å². The Morgan fingerprint density at radius 1 is 0.950 bits per heavy atom. The monoisotopic (exact) mass is 287 g/mol. The predicted octanol–water partition coefficient (Wildman–Crippen LogP) is 4.99. The molecule has 1 N–H and O–H groups in total. The van der Waals surface area contributed by atoms with Crippen molar-refractivity contribution >= 4 is 11.3 Å². The van der Waals surface area contributed by atoms with Crippen molar-refractivity contribution in [3.05, 3.63) is 55.8 Å². The molecule has 0 bridgehead atoms. The molecule has 1 unspecified atom stereocenters. The predicted molar refractivity (Wildman–Crippen MR) is 90.0 cm³/mol. The highest BCUT2D eigenvalue weighted by Crippen LogP contribution is 2.34. The molecule has 1 nitrogen and oxygen atoms in total. The molecule has 1 aromatic carbocycles. The summed E-state index contributed by atoms with van der Waals surface area (Å²) in [6, 6.07) is 2.55. The first-order valence-electron chi connectivity index (χ1n) is 7.31. The standard InChI is InChI=1S/C18H25NS/c1-7-19-18(16-8-9-20-10-16)17-14(5)12(3)11(2)13(4)15(17)6/h8-10,18-19H,7H2,1-6H3. The molecule has 2 aromatic rings. The van der Waals surface area contributed by atoms with Crippen LogP contribution in [0.4, 0.5) is 0 Å². The van der Waals surface area contributed by atoms with Crippen LogP contribution in [0.5, 0.6) is 0 Å². The van der Waals surface area contributed by atoms with Gasteiger partial charge in [-0.05, 0) is 96.9 Å². The second-order valence-corrected chi connectivity index (χ2v) is 6.37. The molecule has 20 heavy (non-hydrogen) atoms. The Bertz CT molecular complexity index is 567. The van der Waals surface area contributed by atoms with E-state index < -0.39 is 0 Å². The molecule has 0 fully saturated rings. The molecule has 0 radical (unpaired) electrons. The third kappa shape index (κ3) is 2.55. The van der Waals surface area contributed by atoms with Crippen molar-refractivity contribution in [2.45, 2.75) is 47.6 Å². The number of nitrogens with one attached hydrogen (secondary N) is 1. The molecule has 1 atom stereocenters. The highest BCUT2D eigenvalue weighted by atomic mass is 32.1. The van der Waals surface area contributed by atoms with Crippen molar-refractivity contribution in [1.82, 2.24) is 5.32 Å². The molecular weight excluding hydrogens is 262 g/mol. The van der Waals surface area contributed by atoms with Crippen LogP contribution < -0.4 is 5.32 Å². The van der Waals surface area contributed by atoms with Crippen LogP contribution in [0.2, 0.25) is 0 Å². The zero-order valence-electron chi connectivity index (χ0n) is 13.4. The van der Waals surface area contributed by atoms with Gasteiger partial charge in [-0.15, -0.1) is 0 Å². The van der Waals surface area contributed by atoms with Gasteiger partial charge in [-0.2, -0.15) is 11.3 Å². The van der Waals surface area contributed by atoms with Gasteiger partial charge >= 0.3 is 0 Å². The summed E-state index contributed by atoms with van der Waals surface area (Å²) in [4.78, 5) is 0. The largest absolute Gasteiger partial charge is 0.306 e. The summed E-state index contributed by atoms with van der Waals surface area (Å²) in [7, 11) is 0. The van der Waals surface area contributed by atoms with Crippen molar-refractivity contribution in [2.24, 2.45) is 0 Å². The van der Waals surface area contributed by atoms with E-state index in [1.807, 2.05) is 0 Å². The van der Waals surface area contributed by atoms with Crippen LogP contribution in [0.25, 0.3) is 0 Å². The van der Waals surface area contributed by atoms with Crippen LogP contribution in [0, 0.1) is 34.6 Å². The van der Waals surface area contributed by atoms with Crippen LogP contribution in [0.15, 0.2) is 16.8 Å². The lowest BCUT2D eigenvalue weighted by Gasteiger charge is -2.26. The third-order valence-electron chi connectivity index (χ3n) is 4.63. The summed E-state index contributed by atoms with van der Waals surface area (Å²) < 4.78 is 0. The molecule has 0 saturated carbocycles. The van der Waals surface area contributed by atoms with E-state index in [9.17, 15) is 0 Å². The van der Waals surface area contributed by atoms with Crippen molar-refractivity contribution < 1.29 is 0 Å². The molecule has 1 aromatic heterocycles.